The van der Waals surface area contributed by atoms with E-state index in [1.807, 2.05) is 0 Å². The van der Waals surface area contributed by atoms with E-state index in [4.69, 9.17) is 4.43 Å². The van der Waals surface area contributed by atoms with E-state index in [2.05, 4.69) is 26.1 Å². The molecule has 1 saturated heterocycles. The zero-order valence-corrected chi connectivity index (χ0v) is 12.8. The second kappa shape index (κ2) is 6.02. The van der Waals surface area contributed by atoms with Gasteiger partial charge in [0.2, 0.25) is 0 Å². The van der Waals surface area contributed by atoms with Gasteiger partial charge in [0.15, 0.2) is 0 Å². The summed E-state index contributed by atoms with van der Waals surface area (Å²) in [4.78, 5) is 0. The second-order valence-corrected chi connectivity index (χ2v) is 5.85. The van der Waals surface area contributed by atoms with Crippen LogP contribution in [0.25, 0.3) is 0 Å². The Labute approximate surface area is 97.7 Å². The Bertz CT molecular complexity index is 178. The molecule has 1 aliphatic heterocycles. The Morgan fingerprint density at radius 3 is 2.73 bits per heavy atom. The number of hydrogen-bond acceptors (Lipinski definition) is 2. The summed E-state index contributed by atoms with van der Waals surface area (Å²) in [5, 5.41) is 3.52. The average molecular weight is 229 g/mol. The van der Waals surface area contributed by atoms with Gasteiger partial charge >= 0.3 is 0 Å². The van der Waals surface area contributed by atoms with Crippen molar-refractivity contribution in [2.75, 3.05) is 13.1 Å². The Balaban J connectivity index is 2.46. The molecule has 1 rings (SSSR count). The van der Waals surface area contributed by atoms with Gasteiger partial charge in [-0.3, -0.25) is 0 Å². The summed E-state index contributed by atoms with van der Waals surface area (Å²) in [6, 6.07) is 0. The van der Waals surface area contributed by atoms with Gasteiger partial charge in [-0.15, -0.1) is 0 Å². The van der Waals surface area contributed by atoms with Crippen LogP contribution < -0.4 is 5.32 Å². The van der Waals surface area contributed by atoms with Gasteiger partial charge in [0.25, 0.3) is 0 Å². The maximum Gasteiger partial charge on any atom is 0.146 e. The van der Waals surface area contributed by atoms with Gasteiger partial charge in [0, 0.05) is 5.60 Å². The van der Waals surface area contributed by atoms with Gasteiger partial charge in [0.05, 0.1) is 0 Å². The van der Waals surface area contributed by atoms with Crippen LogP contribution in [0.4, 0.5) is 0 Å². The second-order valence-electron chi connectivity index (χ2n) is 5.44. The summed E-state index contributed by atoms with van der Waals surface area (Å²) >= 11 is 0. The summed E-state index contributed by atoms with van der Waals surface area (Å²) < 4.78 is 5.68. The van der Waals surface area contributed by atoms with E-state index in [1.54, 1.807) is 0 Å². The van der Waals surface area contributed by atoms with Crippen molar-refractivity contribution in [3.63, 3.8) is 0 Å². The van der Waals surface area contributed by atoms with Crippen molar-refractivity contribution in [1.29, 1.82) is 0 Å². The van der Waals surface area contributed by atoms with E-state index in [-0.39, 0.29) is 5.60 Å². The van der Waals surface area contributed by atoms with Crippen LogP contribution in [0, 0.1) is 11.8 Å². The highest BCUT2D eigenvalue weighted by Crippen LogP contribution is 2.31. The van der Waals surface area contributed by atoms with Crippen molar-refractivity contribution in [3.05, 3.63) is 0 Å². The molecule has 0 aromatic carbocycles. The molecular weight excluding hydrogens is 202 g/mol. The highest BCUT2D eigenvalue weighted by atomic mass is 28.2. The molecule has 15 heavy (non-hydrogen) atoms. The largest absolute Gasteiger partial charge is 0.423 e. The number of piperidine rings is 1. The Morgan fingerprint density at radius 1 is 1.53 bits per heavy atom. The lowest BCUT2D eigenvalue weighted by atomic mass is 9.78. The first-order chi connectivity index (χ1) is 7.09. The molecule has 2 nitrogen and oxygen atoms in total. The van der Waals surface area contributed by atoms with Crippen LogP contribution in [0.1, 0.15) is 46.5 Å². The fourth-order valence-corrected chi connectivity index (χ4v) is 2.81. The van der Waals surface area contributed by atoms with Crippen molar-refractivity contribution in [2.24, 2.45) is 11.8 Å². The first-order valence-corrected chi connectivity index (χ1v) is 7.16. The van der Waals surface area contributed by atoms with Crippen LogP contribution in [0.3, 0.4) is 0 Å². The van der Waals surface area contributed by atoms with E-state index in [9.17, 15) is 0 Å². The van der Waals surface area contributed by atoms with E-state index < -0.39 is 0 Å². The maximum absolute atomic E-state index is 5.68. The highest BCUT2D eigenvalue weighted by molar-refractivity contribution is 5.98. The van der Waals surface area contributed by atoms with Crippen molar-refractivity contribution >= 4 is 10.5 Å². The molecule has 0 aromatic rings. The lowest BCUT2D eigenvalue weighted by molar-refractivity contribution is 0.0694. The summed E-state index contributed by atoms with van der Waals surface area (Å²) in [7, 11) is 0.854. The standard InChI is InChI=1S/C12H27NOSi/c1-4-10(8-12(2,3)14-15)11-6-5-7-13-9-11/h10-11,13H,4-9H2,1-3,15H3. The molecule has 0 bridgehead atoms. The van der Waals surface area contributed by atoms with Crippen molar-refractivity contribution < 1.29 is 4.43 Å². The predicted octanol–water partition coefficient (Wildman–Crippen LogP) is 1.48. The molecule has 0 aromatic heterocycles. The molecule has 1 aliphatic rings. The van der Waals surface area contributed by atoms with Gasteiger partial charge < -0.3 is 9.74 Å². The Kier molecular flexibility index (Phi) is 5.30. The molecule has 0 amide bonds. The number of rotatable bonds is 5. The lowest BCUT2D eigenvalue weighted by Gasteiger charge is -2.35. The first-order valence-electron chi connectivity index (χ1n) is 6.35. The van der Waals surface area contributed by atoms with Crippen LogP contribution in [-0.4, -0.2) is 29.2 Å². The number of hydrogen-bond donors (Lipinski definition) is 1. The van der Waals surface area contributed by atoms with Gasteiger partial charge in [-0.1, -0.05) is 13.3 Å². The SMILES string of the molecule is CCC(CC(C)(C)O[SiH3])C1CCCNC1. The highest BCUT2D eigenvalue weighted by Gasteiger charge is 2.28. The summed E-state index contributed by atoms with van der Waals surface area (Å²) in [6.45, 7) is 9.23. The van der Waals surface area contributed by atoms with Crippen LogP contribution in [0.5, 0.6) is 0 Å². The van der Waals surface area contributed by atoms with Crippen LogP contribution in [-0.2, 0) is 4.43 Å². The van der Waals surface area contributed by atoms with Crippen LogP contribution in [0.15, 0.2) is 0 Å². The summed E-state index contributed by atoms with van der Waals surface area (Å²) in [6.07, 6.45) is 5.27. The molecule has 1 heterocycles. The predicted molar refractivity (Wildman–Crippen MR) is 69.1 cm³/mol. The number of nitrogens with one attached hydrogen (secondary N) is 1. The topological polar surface area (TPSA) is 21.3 Å². The zero-order valence-electron chi connectivity index (χ0n) is 10.8. The Morgan fingerprint density at radius 2 is 2.27 bits per heavy atom. The summed E-state index contributed by atoms with van der Waals surface area (Å²) in [5.41, 5.74) is 0.102. The molecule has 1 N–H and O–H groups in total. The average Bonchev–Trinajstić information content (AvgIpc) is 2.27. The third-order valence-electron chi connectivity index (χ3n) is 3.83. The van der Waals surface area contributed by atoms with Crippen molar-refractivity contribution in [3.8, 4) is 0 Å². The molecular formula is C12H27NOSi. The smallest absolute Gasteiger partial charge is 0.146 e. The molecule has 0 aliphatic carbocycles. The quantitative estimate of drug-likeness (QED) is 0.721. The third kappa shape index (κ3) is 4.25. The molecule has 90 valence electrons. The minimum Gasteiger partial charge on any atom is -0.423 e. The van der Waals surface area contributed by atoms with Crippen LogP contribution in [0.2, 0.25) is 0 Å². The molecule has 2 atom stereocenters. The first kappa shape index (κ1) is 13.2. The van der Waals surface area contributed by atoms with Gasteiger partial charge in [-0.25, -0.2) is 0 Å². The lowest BCUT2D eigenvalue weighted by Crippen LogP contribution is -2.37. The Hall–Kier alpha value is 0.137. The van der Waals surface area contributed by atoms with Gasteiger partial charge in [-0.05, 0) is 58.0 Å². The molecule has 1 fully saturated rings. The van der Waals surface area contributed by atoms with E-state index in [1.165, 1.54) is 38.8 Å². The fourth-order valence-electron chi connectivity index (χ4n) is 2.64. The van der Waals surface area contributed by atoms with E-state index in [0.717, 1.165) is 22.3 Å². The normalized spacial score (nSPS) is 25.4. The van der Waals surface area contributed by atoms with E-state index in [0.29, 0.717) is 0 Å². The van der Waals surface area contributed by atoms with E-state index >= 15 is 0 Å². The third-order valence-corrected chi connectivity index (χ3v) is 4.94. The van der Waals surface area contributed by atoms with Gasteiger partial charge in [-0.2, -0.15) is 0 Å². The molecule has 0 spiro atoms. The molecule has 0 radical (unpaired) electrons. The van der Waals surface area contributed by atoms with Crippen molar-refractivity contribution in [1.82, 2.24) is 5.32 Å². The molecule has 0 saturated carbocycles. The molecule has 2 unspecified atom stereocenters. The van der Waals surface area contributed by atoms with Crippen molar-refractivity contribution in [2.45, 2.75) is 52.1 Å². The monoisotopic (exact) mass is 229 g/mol. The van der Waals surface area contributed by atoms with Gasteiger partial charge in [0.1, 0.15) is 10.5 Å². The summed E-state index contributed by atoms with van der Waals surface area (Å²) in [5.74, 6) is 1.71. The zero-order chi connectivity index (χ0) is 11.3. The fraction of sp³-hybridized carbons (Fsp3) is 1.00. The molecule has 3 heteroatoms. The maximum atomic E-state index is 5.68. The minimum absolute atomic E-state index is 0.102. The van der Waals surface area contributed by atoms with Crippen LogP contribution >= 0.6 is 0 Å². The minimum atomic E-state index is 0.102.